The first-order valence-corrected chi connectivity index (χ1v) is 12.6. The summed E-state index contributed by atoms with van der Waals surface area (Å²) in [5, 5.41) is 15.3. The molecular weight excluding hydrogens is 509 g/mol. The Labute approximate surface area is 217 Å². The van der Waals surface area contributed by atoms with Crippen molar-refractivity contribution in [2.24, 2.45) is 5.41 Å². The number of alkyl halides is 3. The van der Waals surface area contributed by atoms with Crippen molar-refractivity contribution in [3.05, 3.63) is 40.5 Å². The summed E-state index contributed by atoms with van der Waals surface area (Å²) < 4.78 is 41.6. The quantitative estimate of drug-likeness (QED) is 0.521. The van der Waals surface area contributed by atoms with Crippen molar-refractivity contribution in [3.8, 4) is 10.4 Å². The topological polar surface area (TPSA) is 112 Å². The van der Waals surface area contributed by atoms with E-state index in [-0.39, 0.29) is 18.5 Å². The van der Waals surface area contributed by atoms with Crippen LogP contribution < -0.4 is 10.6 Å². The van der Waals surface area contributed by atoms with Gasteiger partial charge in [0.2, 0.25) is 17.7 Å². The summed E-state index contributed by atoms with van der Waals surface area (Å²) in [7, 11) is 0. The Kier molecular flexibility index (Phi) is 8.33. The van der Waals surface area contributed by atoms with Gasteiger partial charge in [-0.15, -0.1) is 11.3 Å². The Bertz CT molecular complexity index is 1180. The summed E-state index contributed by atoms with van der Waals surface area (Å²) in [6.45, 7) is 7.70. The molecule has 8 nitrogen and oxygen atoms in total. The lowest BCUT2D eigenvalue weighted by atomic mass is 9.85. The summed E-state index contributed by atoms with van der Waals surface area (Å²) in [4.78, 5) is 43.9. The van der Waals surface area contributed by atoms with Crippen LogP contribution in [0.2, 0.25) is 0 Å². The molecule has 37 heavy (non-hydrogen) atoms. The van der Waals surface area contributed by atoms with E-state index in [9.17, 15) is 32.7 Å². The van der Waals surface area contributed by atoms with Crippen LogP contribution in [0.3, 0.4) is 0 Å². The van der Waals surface area contributed by atoms with Crippen LogP contribution in [0.1, 0.15) is 50.9 Å². The maximum Gasteiger partial charge on any atom is 0.416 e. The minimum absolute atomic E-state index is 0.0652. The lowest BCUT2D eigenvalue weighted by Gasteiger charge is -2.35. The van der Waals surface area contributed by atoms with E-state index in [4.69, 9.17) is 0 Å². The number of likely N-dealkylation sites (tertiary alicyclic amines) is 1. The Balaban J connectivity index is 1.81. The van der Waals surface area contributed by atoms with Gasteiger partial charge in [0.15, 0.2) is 0 Å². The van der Waals surface area contributed by atoms with Gasteiger partial charge in [-0.25, -0.2) is 4.98 Å². The fraction of sp³-hybridized carbons (Fsp3) is 0.520. The summed E-state index contributed by atoms with van der Waals surface area (Å²) in [5.41, 5.74) is 0.869. The van der Waals surface area contributed by atoms with Gasteiger partial charge in [-0.05, 0) is 29.5 Å². The van der Waals surface area contributed by atoms with Crippen LogP contribution in [-0.2, 0) is 27.1 Å². The molecule has 3 unspecified atom stereocenters. The molecular formula is C25H31F3N4O4S. The van der Waals surface area contributed by atoms with Gasteiger partial charge in [-0.3, -0.25) is 14.4 Å². The minimum Gasteiger partial charge on any atom is -0.391 e. The molecule has 1 fully saturated rings. The molecule has 3 N–H and O–H groups in total. The highest BCUT2D eigenvalue weighted by atomic mass is 32.1. The van der Waals surface area contributed by atoms with Crippen molar-refractivity contribution in [3.63, 3.8) is 0 Å². The lowest BCUT2D eigenvalue weighted by Crippen LogP contribution is -2.57. The van der Waals surface area contributed by atoms with Gasteiger partial charge >= 0.3 is 6.18 Å². The molecule has 0 aliphatic carbocycles. The van der Waals surface area contributed by atoms with Gasteiger partial charge in [-0.2, -0.15) is 13.2 Å². The van der Waals surface area contributed by atoms with E-state index in [0.29, 0.717) is 16.1 Å². The summed E-state index contributed by atoms with van der Waals surface area (Å²) >= 11 is 1.24. The van der Waals surface area contributed by atoms with Crippen molar-refractivity contribution >= 4 is 29.1 Å². The Morgan fingerprint density at radius 3 is 2.46 bits per heavy atom. The monoisotopic (exact) mass is 540 g/mol. The second-order valence-electron chi connectivity index (χ2n) is 10.2. The van der Waals surface area contributed by atoms with Crippen LogP contribution in [0, 0.1) is 12.3 Å². The lowest BCUT2D eigenvalue weighted by molar-refractivity contribution is -0.143. The fourth-order valence-electron chi connectivity index (χ4n) is 4.34. The first-order valence-electron chi connectivity index (χ1n) is 11.7. The van der Waals surface area contributed by atoms with Crippen molar-refractivity contribution in [2.75, 3.05) is 6.54 Å². The number of carbonyl (C=O) groups is 3. The number of aliphatic hydroxyl groups is 1. The standard InChI is InChI=1S/C25H31F3N4O4S/c1-13-20(37-12-30-13)15-6-7-16(18(8-15)25(26,27)28)10-29-22(35)19-9-17(34)11-32(19)23(36)21(24(3,4)5)31-14(2)33/h6-8,12,17,19,21,34H,9-11H2,1-5H3,(H,29,35)(H,31,33). The number of carbonyl (C=O) groups excluding carboxylic acids is 3. The van der Waals surface area contributed by atoms with Gasteiger partial charge < -0.3 is 20.6 Å². The van der Waals surface area contributed by atoms with E-state index < -0.39 is 59.6 Å². The first-order chi connectivity index (χ1) is 17.1. The molecule has 1 aromatic carbocycles. The number of thiazole rings is 1. The van der Waals surface area contributed by atoms with Crippen LogP contribution in [0.25, 0.3) is 10.4 Å². The highest BCUT2D eigenvalue weighted by molar-refractivity contribution is 7.13. The molecule has 1 aliphatic rings. The molecule has 3 amide bonds. The number of halogens is 3. The van der Waals surface area contributed by atoms with Crippen molar-refractivity contribution < 1.29 is 32.7 Å². The van der Waals surface area contributed by atoms with Crippen molar-refractivity contribution in [1.29, 1.82) is 0 Å². The van der Waals surface area contributed by atoms with E-state index >= 15 is 0 Å². The Morgan fingerprint density at radius 1 is 1.24 bits per heavy atom. The largest absolute Gasteiger partial charge is 0.416 e. The number of hydrogen-bond donors (Lipinski definition) is 3. The molecule has 1 aromatic heterocycles. The molecule has 0 saturated carbocycles. The number of rotatable bonds is 6. The highest BCUT2D eigenvalue weighted by Gasteiger charge is 2.44. The van der Waals surface area contributed by atoms with E-state index in [1.807, 2.05) is 0 Å². The number of aromatic nitrogens is 1. The zero-order valence-corrected chi connectivity index (χ0v) is 22.1. The molecule has 1 saturated heterocycles. The second-order valence-corrected chi connectivity index (χ2v) is 11.1. The van der Waals surface area contributed by atoms with E-state index in [1.54, 1.807) is 39.3 Å². The smallest absolute Gasteiger partial charge is 0.391 e. The number of β-amino-alcohol motifs (C(OH)–C–C–N with tert-alkyl or cyclic N) is 1. The Hall–Kier alpha value is -2.99. The number of aliphatic hydroxyl groups excluding tert-OH is 1. The van der Waals surface area contributed by atoms with Crippen LogP contribution in [0.15, 0.2) is 23.7 Å². The molecule has 2 aromatic rings. The third-order valence-electron chi connectivity index (χ3n) is 6.20. The maximum absolute atomic E-state index is 13.9. The van der Waals surface area contributed by atoms with E-state index in [2.05, 4.69) is 15.6 Å². The summed E-state index contributed by atoms with van der Waals surface area (Å²) in [6, 6.07) is 1.86. The molecule has 0 spiro atoms. The second kappa shape index (κ2) is 10.8. The van der Waals surface area contributed by atoms with Crippen molar-refractivity contribution in [1.82, 2.24) is 20.5 Å². The summed E-state index contributed by atoms with van der Waals surface area (Å²) in [6.07, 6.45) is -5.70. The number of benzene rings is 1. The molecule has 3 atom stereocenters. The highest BCUT2D eigenvalue weighted by Crippen LogP contribution is 2.37. The molecule has 1 aliphatic heterocycles. The van der Waals surface area contributed by atoms with Gasteiger partial charge in [0, 0.05) is 26.4 Å². The molecule has 3 rings (SSSR count). The fourth-order valence-corrected chi connectivity index (χ4v) is 5.14. The minimum atomic E-state index is -4.65. The van der Waals surface area contributed by atoms with Gasteiger partial charge in [0.1, 0.15) is 12.1 Å². The molecule has 0 radical (unpaired) electrons. The number of aryl methyl sites for hydroxylation is 1. The van der Waals surface area contributed by atoms with Crippen molar-refractivity contribution in [2.45, 2.75) is 71.9 Å². The SMILES string of the molecule is CC(=O)NC(C(=O)N1CC(O)CC1C(=O)NCc1ccc(-c2scnc2C)cc1C(F)(F)F)C(C)(C)C. The van der Waals surface area contributed by atoms with Gasteiger partial charge in [0.05, 0.1) is 27.7 Å². The molecule has 2 heterocycles. The number of hydrogen-bond acceptors (Lipinski definition) is 6. The van der Waals surface area contributed by atoms with Gasteiger partial charge in [-0.1, -0.05) is 32.9 Å². The molecule has 0 bridgehead atoms. The average molecular weight is 541 g/mol. The maximum atomic E-state index is 13.9. The first kappa shape index (κ1) is 28.6. The number of amides is 3. The predicted molar refractivity (Wildman–Crippen MR) is 132 cm³/mol. The summed E-state index contributed by atoms with van der Waals surface area (Å²) in [5.74, 6) is -1.65. The van der Waals surface area contributed by atoms with Gasteiger partial charge in [0.25, 0.3) is 0 Å². The zero-order valence-electron chi connectivity index (χ0n) is 21.3. The average Bonchev–Trinajstić information content (AvgIpc) is 3.39. The number of nitrogens with one attached hydrogen (secondary N) is 2. The predicted octanol–water partition coefficient (Wildman–Crippen LogP) is 3.27. The third kappa shape index (κ3) is 6.67. The van der Waals surface area contributed by atoms with Crippen LogP contribution >= 0.6 is 11.3 Å². The molecule has 12 heteroatoms. The van der Waals surface area contributed by atoms with Crippen LogP contribution in [-0.4, -0.2) is 57.4 Å². The third-order valence-corrected chi connectivity index (χ3v) is 7.18. The Morgan fingerprint density at radius 2 is 1.92 bits per heavy atom. The van der Waals surface area contributed by atoms with E-state index in [1.165, 1.54) is 29.2 Å². The molecule has 202 valence electrons. The van der Waals surface area contributed by atoms with E-state index in [0.717, 1.165) is 6.07 Å². The zero-order chi connectivity index (χ0) is 27.7. The van der Waals surface area contributed by atoms with Crippen LogP contribution in [0.5, 0.6) is 0 Å². The normalized spacial score (nSPS) is 19.0. The number of nitrogens with zero attached hydrogens (tertiary/aromatic N) is 2. The van der Waals surface area contributed by atoms with Crippen LogP contribution in [0.4, 0.5) is 13.2 Å².